The van der Waals surface area contributed by atoms with E-state index in [0.717, 1.165) is 22.6 Å². The Morgan fingerprint density at radius 3 is 2.73 bits per heavy atom. The number of nitrogens with zero attached hydrogens (tertiary/aromatic N) is 4. The second-order valence-corrected chi connectivity index (χ2v) is 6.12. The highest BCUT2D eigenvalue weighted by atomic mass is 16.5. The third-order valence-electron chi connectivity index (χ3n) is 4.06. The first-order chi connectivity index (χ1) is 12.6. The van der Waals surface area contributed by atoms with Crippen LogP contribution in [-0.4, -0.2) is 25.8 Å². The summed E-state index contributed by atoms with van der Waals surface area (Å²) in [5, 5.41) is 11.8. The number of anilines is 1. The Balaban J connectivity index is 1.47. The summed E-state index contributed by atoms with van der Waals surface area (Å²) in [6.07, 6.45) is 1.86. The average Bonchev–Trinajstić information content (AvgIpc) is 3.18. The maximum Gasteiger partial charge on any atom is 0.259 e. The van der Waals surface area contributed by atoms with Crippen molar-refractivity contribution in [1.29, 1.82) is 0 Å². The van der Waals surface area contributed by atoms with Crippen molar-refractivity contribution < 1.29 is 9.32 Å². The van der Waals surface area contributed by atoms with Gasteiger partial charge in [-0.1, -0.05) is 17.3 Å². The highest BCUT2D eigenvalue weighted by Crippen LogP contribution is 2.20. The van der Waals surface area contributed by atoms with Crippen LogP contribution in [0, 0.1) is 13.8 Å². The lowest BCUT2D eigenvalue weighted by atomic mass is 10.1. The first kappa shape index (κ1) is 16.0. The normalized spacial score (nSPS) is 11.0. The summed E-state index contributed by atoms with van der Waals surface area (Å²) >= 11 is 0. The van der Waals surface area contributed by atoms with Gasteiger partial charge in [-0.25, -0.2) is 9.67 Å². The van der Waals surface area contributed by atoms with Crippen LogP contribution < -0.4 is 5.32 Å². The van der Waals surface area contributed by atoms with Gasteiger partial charge in [0.15, 0.2) is 5.82 Å². The van der Waals surface area contributed by atoms with Gasteiger partial charge in [-0.3, -0.25) is 4.79 Å². The molecule has 4 aromatic rings. The molecule has 0 fully saturated rings. The van der Waals surface area contributed by atoms with Crippen LogP contribution in [0.3, 0.4) is 0 Å². The molecule has 4 rings (SSSR count). The van der Waals surface area contributed by atoms with Gasteiger partial charge in [-0.05, 0) is 49.7 Å². The predicted octanol–water partition coefficient (Wildman–Crippen LogP) is 3.21. The highest BCUT2D eigenvalue weighted by molar-refractivity contribution is 5.98. The SMILES string of the molecule is Cc1cc(C)n(-c2ccc(CC(=O)Nc3noc4ncccc34)cc2)n1. The predicted molar refractivity (Wildman–Crippen MR) is 97.2 cm³/mol. The van der Waals surface area contributed by atoms with E-state index < -0.39 is 0 Å². The second kappa shape index (κ2) is 6.44. The van der Waals surface area contributed by atoms with Crippen molar-refractivity contribution in [3.05, 3.63) is 65.6 Å². The molecule has 1 aromatic carbocycles. The van der Waals surface area contributed by atoms with Crippen molar-refractivity contribution in [1.82, 2.24) is 19.9 Å². The molecule has 0 aliphatic heterocycles. The van der Waals surface area contributed by atoms with Crippen LogP contribution in [-0.2, 0) is 11.2 Å². The minimum atomic E-state index is -0.164. The number of carbonyl (C=O) groups is 1. The molecule has 0 spiro atoms. The molecule has 0 aliphatic carbocycles. The Hall–Kier alpha value is -3.48. The number of hydrogen-bond acceptors (Lipinski definition) is 5. The van der Waals surface area contributed by atoms with E-state index in [4.69, 9.17) is 4.52 Å². The van der Waals surface area contributed by atoms with Gasteiger partial charge in [-0.2, -0.15) is 5.10 Å². The molecule has 0 aliphatic rings. The van der Waals surface area contributed by atoms with E-state index in [2.05, 4.69) is 20.6 Å². The number of aromatic nitrogens is 4. The van der Waals surface area contributed by atoms with Crippen LogP contribution in [0.1, 0.15) is 17.0 Å². The van der Waals surface area contributed by atoms with Crippen LogP contribution in [0.5, 0.6) is 0 Å². The van der Waals surface area contributed by atoms with E-state index in [9.17, 15) is 4.79 Å². The van der Waals surface area contributed by atoms with Gasteiger partial charge >= 0.3 is 0 Å². The number of pyridine rings is 1. The molecular formula is C19H17N5O2. The summed E-state index contributed by atoms with van der Waals surface area (Å²) in [7, 11) is 0. The Morgan fingerprint density at radius 2 is 2.00 bits per heavy atom. The molecule has 0 bridgehead atoms. The van der Waals surface area contributed by atoms with Crippen LogP contribution in [0.2, 0.25) is 0 Å². The zero-order chi connectivity index (χ0) is 18.1. The smallest absolute Gasteiger partial charge is 0.259 e. The van der Waals surface area contributed by atoms with E-state index in [0.29, 0.717) is 16.9 Å². The molecular weight excluding hydrogens is 330 g/mol. The minimum Gasteiger partial charge on any atom is -0.334 e. The Labute approximate surface area is 149 Å². The van der Waals surface area contributed by atoms with Crippen molar-refractivity contribution >= 4 is 22.8 Å². The van der Waals surface area contributed by atoms with Crippen molar-refractivity contribution in [2.45, 2.75) is 20.3 Å². The molecule has 0 radical (unpaired) electrons. The molecule has 7 heteroatoms. The molecule has 1 amide bonds. The first-order valence-electron chi connectivity index (χ1n) is 8.23. The molecule has 130 valence electrons. The quantitative estimate of drug-likeness (QED) is 0.613. The Morgan fingerprint density at radius 1 is 1.19 bits per heavy atom. The molecule has 26 heavy (non-hydrogen) atoms. The lowest BCUT2D eigenvalue weighted by molar-refractivity contribution is -0.115. The minimum absolute atomic E-state index is 0.164. The molecule has 0 atom stereocenters. The molecule has 0 saturated heterocycles. The lowest BCUT2D eigenvalue weighted by Crippen LogP contribution is -2.14. The van der Waals surface area contributed by atoms with Crippen molar-refractivity contribution in [2.75, 3.05) is 5.32 Å². The highest BCUT2D eigenvalue weighted by Gasteiger charge is 2.12. The van der Waals surface area contributed by atoms with Crippen molar-refractivity contribution in [2.24, 2.45) is 0 Å². The molecule has 0 saturated carbocycles. The summed E-state index contributed by atoms with van der Waals surface area (Å²) in [4.78, 5) is 16.4. The zero-order valence-electron chi connectivity index (χ0n) is 14.4. The fourth-order valence-corrected chi connectivity index (χ4v) is 2.88. The fraction of sp³-hybridized carbons (Fsp3) is 0.158. The average molecular weight is 347 g/mol. The van der Waals surface area contributed by atoms with Gasteiger partial charge in [0.2, 0.25) is 5.91 Å². The van der Waals surface area contributed by atoms with E-state index >= 15 is 0 Å². The third kappa shape index (κ3) is 3.06. The number of rotatable bonds is 4. The van der Waals surface area contributed by atoms with Gasteiger partial charge in [0.05, 0.1) is 23.2 Å². The molecule has 3 aromatic heterocycles. The largest absolute Gasteiger partial charge is 0.334 e. The first-order valence-corrected chi connectivity index (χ1v) is 8.23. The number of fused-ring (bicyclic) bond motifs is 1. The molecule has 0 unspecified atom stereocenters. The summed E-state index contributed by atoms with van der Waals surface area (Å²) in [6.45, 7) is 3.98. The number of hydrogen-bond donors (Lipinski definition) is 1. The number of amides is 1. The summed E-state index contributed by atoms with van der Waals surface area (Å²) < 4.78 is 6.98. The number of aryl methyl sites for hydroxylation is 2. The topological polar surface area (TPSA) is 85.8 Å². The monoisotopic (exact) mass is 347 g/mol. The molecule has 3 heterocycles. The van der Waals surface area contributed by atoms with Gasteiger partial charge in [0, 0.05) is 11.9 Å². The van der Waals surface area contributed by atoms with Gasteiger partial charge < -0.3 is 9.84 Å². The third-order valence-corrected chi connectivity index (χ3v) is 4.06. The van der Waals surface area contributed by atoms with E-state index in [1.165, 1.54) is 0 Å². The number of benzene rings is 1. The van der Waals surface area contributed by atoms with Crippen LogP contribution in [0.4, 0.5) is 5.82 Å². The van der Waals surface area contributed by atoms with E-state index in [-0.39, 0.29) is 12.3 Å². The maximum atomic E-state index is 12.3. The van der Waals surface area contributed by atoms with Gasteiger partial charge in [-0.15, -0.1) is 0 Å². The van der Waals surface area contributed by atoms with Crippen LogP contribution in [0.25, 0.3) is 16.8 Å². The summed E-state index contributed by atoms with van der Waals surface area (Å²) in [5.41, 5.74) is 4.31. The standard InChI is InChI=1S/C19H17N5O2/c1-12-10-13(2)24(22-12)15-7-5-14(6-8-15)11-17(25)21-18-16-4-3-9-20-19(16)26-23-18/h3-10H,11H2,1-2H3,(H,21,23,25). The van der Waals surface area contributed by atoms with Crippen LogP contribution >= 0.6 is 0 Å². The summed E-state index contributed by atoms with van der Waals surface area (Å²) in [5.74, 6) is 0.222. The molecule has 7 nitrogen and oxygen atoms in total. The molecule has 1 N–H and O–H groups in total. The zero-order valence-corrected chi connectivity index (χ0v) is 14.4. The Kier molecular flexibility index (Phi) is 3.96. The number of nitrogens with one attached hydrogen (secondary N) is 1. The fourth-order valence-electron chi connectivity index (χ4n) is 2.88. The second-order valence-electron chi connectivity index (χ2n) is 6.12. The summed E-state index contributed by atoms with van der Waals surface area (Å²) in [6, 6.07) is 13.4. The van der Waals surface area contributed by atoms with E-state index in [1.54, 1.807) is 18.3 Å². The number of carbonyl (C=O) groups excluding carboxylic acids is 1. The Bertz CT molecular complexity index is 1080. The van der Waals surface area contributed by atoms with Crippen molar-refractivity contribution in [3.8, 4) is 5.69 Å². The van der Waals surface area contributed by atoms with Gasteiger partial charge in [0.25, 0.3) is 5.71 Å². The van der Waals surface area contributed by atoms with E-state index in [1.807, 2.05) is 48.9 Å². The van der Waals surface area contributed by atoms with Crippen LogP contribution in [0.15, 0.2) is 53.2 Å². The van der Waals surface area contributed by atoms with Gasteiger partial charge in [0.1, 0.15) is 0 Å². The lowest BCUT2D eigenvalue weighted by Gasteiger charge is -2.06. The van der Waals surface area contributed by atoms with Crippen molar-refractivity contribution in [3.63, 3.8) is 0 Å². The maximum absolute atomic E-state index is 12.3.